The van der Waals surface area contributed by atoms with Crippen LogP contribution >= 0.6 is 0 Å². The van der Waals surface area contributed by atoms with Crippen molar-refractivity contribution in [3.8, 4) is 33.9 Å². The summed E-state index contributed by atoms with van der Waals surface area (Å²) in [5.74, 6) is -0.905. The molecule has 0 bridgehead atoms. The van der Waals surface area contributed by atoms with E-state index in [-0.39, 0.29) is 54.3 Å². The predicted octanol–water partition coefficient (Wildman–Crippen LogP) is 6.06. The van der Waals surface area contributed by atoms with E-state index in [1.807, 2.05) is 39.5 Å². The molecule has 2 aliphatic rings. The molecular formula is C53H56F2N12O9. The van der Waals surface area contributed by atoms with Crippen LogP contribution in [0.1, 0.15) is 48.9 Å². The van der Waals surface area contributed by atoms with Crippen LogP contribution in [0.15, 0.2) is 119 Å². The van der Waals surface area contributed by atoms with E-state index in [0.717, 1.165) is 13.1 Å². The lowest BCUT2D eigenvalue weighted by atomic mass is 10.1. The highest BCUT2D eigenvalue weighted by molar-refractivity contribution is 5.95. The van der Waals surface area contributed by atoms with Crippen LogP contribution in [0.25, 0.3) is 55.7 Å². The van der Waals surface area contributed by atoms with Crippen molar-refractivity contribution in [3.63, 3.8) is 0 Å². The van der Waals surface area contributed by atoms with Crippen molar-refractivity contribution in [1.29, 1.82) is 0 Å². The average Bonchev–Trinajstić information content (AvgIpc) is 4.11. The molecule has 6 heterocycles. The molecule has 2 fully saturated rings. The highest BCUT2D eigenvalue weighted by atomic mass is 19.1. The first kappa shape index (κ1) is 56.1. The minimum Gasteiger partial charge on any atom is -0.483 e. The maximum atomic E-state index is 13.6. The lowest BCUT2D eigenvalue weighted by Gasteiger charge is -2.35. The van der Waals surface area contributed by atoms with Crippen molar-refractivity contribution >= 4 is 53.0 Å². The summed E-state index contributed by atoms with van der Waals surface area (Å²) in [6, 6.07) is 25.5. The molecule has 0 radical (unpaired) electrons. The van der Waals surface area contributed by atoms with Gasteiger partial charge in [-0.1, -0.05) is 17.9 Å². The number of nitrogens with one attached hydrogen (secondary N) is 2. The average molecular weight is 1040 g/mol. The molecule has 0 spiro atoms. The van der Waals surface area contributed by atoms with Gasteiger partial charge >= 0.3 is 6.09 Å². The maximum absolute atomic E-state index is 13.6. The lowest BCUT2D eigenvalue weighted by molar-refractivity contribution is -0.122. The van der Waals surface area contributed by atoms with Crippen molar-refractivity contribution in [2.24, 2.45) is 0 Å². The van der Waals surface area contributed by atoms with Crippen LogP contribution in [0.3, 0.4) is 0 Å². The summed E-state index contributed by atoms with van der Waals surface area (Å²) in [6.07, 6.45) is 2.86. The number of pyridine rings is 2. The van der Waals surface area contributed by atoms with Gasteiger partial charge in [-0.05, 0) is 125 Å². The fourth-order valence-electron chi connectivity index (χ4n) is 8.07. The summed E-state index contributed by atoms with van der Waals surface area (Å²) in [5, 5.41) is 24.4. The molecule has 2 saturated heterocycles. The number of hydrogen-bond acceptors (Lipinski definition) is 13. The zero-order valence-corrected chi connectivity index (χ0v) is 41.3. The van der Waals surface area contributed by atoms with Gasteiger partial charge in [0.2, 0.25) is 0 Å². The number of amides is 3. The second-order valence-corrected chi connectivity index (χ2v) is 18.1. The van der Waals surface area contributed by atoms with Gasteiger partial charge in [0.25, 0.3) is 29.4 Å². The smallest absolute Gasteiger partial charge is 0.410 e. The second kappa shape index (κ2) is 24.6. The Labute approximate surface area is 433 Å². The number of ether oxygens (including phenoxy) is 1. The molecule has 23 heteroatoms. The fourth-order valence-corrected chi connectivity index (χ4v) is 8.07. The quantitative estimate of drug-likeness (QED) is 0.160. The van der Waals surface area contributed by atoms with Gasteiger partial charge in [0.1, 0.15) is 35.4 Å². The molecule has 4 aromatic heterocycles. The van der Waals surface area contributed by atoms with Crippen molar-refractivity contribution in [2.75, 3.05) is 59.4 Å². The summed E-state index contributed by atoms with van der Waals surface area (Å²) in [5.41, 5.74) is 3.58. The predicted molar refractivity (Wildman–Crippen MR) is 279 cm³/mol. The third-order valence-electron chi connectivity index (χ3n) is 11.9. The first-order valence-corrected chi connectivity index (χ1v) is 23.3. The van der Waals surface area contributed by atoms with Gasteiger partial charge in [-0.2, -0.15) is 0 Å². The highest BCUT2D eigenvalue weighted by Gasteiger charge is 2.28. The van der Waals surface area contributed by atoms with Crippen molar-refractivity contribution in [1.82, 2.24) is 59.6 Å². The molecule has 3 amide bonds. The van der Waals surface area contributed by atoms with E-state index in [4.69, 9.17) is 19.4 Å². The molecule has 76 heavy (non-hydrogen) atoms. The Morgan fingerprint density at radius 1 is 0.618 bits per heavy atom. The van der Waals surface area contributed by atoms with Crippen molar-refractivity contribution < 1.29 is 42.6 Å². The SMILES string of the molecule is C.C=O.CC(C)(C)OC(=O)N1CCN(C(=O)c2ccc(-n3cc(-c4cc5cc(F)ccc5[nH]c4=O)nn3)cc2)CC1.CN1CCN(C(=O)c2ccc(-n3cc(-c4cc5cc(F)ccc5[nH]c4=O)nn3)cc2)CC1.O=CO. The van der Waals surface area contributed by atoms with Gasteiger partial charge in [0.15, 0.2) is 0 Å². The normalized spacial score (nSPS) is 13.5. The summed E-state index contributed by atoms with van der Waals surface area (Å²) < 4.78 is 35.6. The molecule has 10 rings (SSSR count). The van der Waals surface area contributed by atoms with Gasteiger partial charge in [0, 0.05) is 85.3 Å². The van der Waals surface area contributed by atoms with Crippen LogP contribution in [-0.4, -0.2) is 161 Å². The first-order chi connectivity index (χ1) is 36.0. The largest absolute Gasteiger partial charge is 0.483 e. The Kier molecular flexibility index (Phi) is 18.2. The zero-order valence-electron chi connectivity index (χ0n) is 41.3. The number of fused-ring (bicyclic) bond motifs is 2. The number of rotatable bonds is 6. The summed E-state index contributed by atoms with van der Waals surface area (Å²) in [6.45, 7) is 12.0. The van der Waals surface area contributed by atoms with E-state index in [1.54, 1.807) is 82.9 Å². The van der Waals surface area contributed by atoms with E-state index >= 15 is 0 Å². The van der Waals surface area contributed by atoms with Gasteiger partial charge in [0.05, 0.1) is 34.9 Å². The standard InChI is InChI=1S/C27H27FN6O4.C23H21FN6O2.CH2O2.CH2O.CH4/c1-27(2,3)38-26(37)33-12-10-32(11-13-33)25(36)17-4-7-20(8-5-17)34-16-23(30-31-34)21-15-18-14-19(28)6-9-22(18)29-24(21)35;1-28-8-10-29(11-9-28)23(32)15-2-5-18(6-3-15)30-14-21(26-27-30)19-13-16-12-17(24)4-7-20(16)25-22(19)31;2-1-3;1-2;/h4-9,14-16H,10-13H2,1-3H3,(H,29,35);2-7,12-14H,8-11H2,1H3,(H,25,31);1H,(H,2,3);1H2;1H4. The summed E-state index contributed by atoms with van der Waals surface area (Å²) in [7, 11) is 2.05. The van der Waals surface area contributed by atoms with Crippen molar-refractivity contribution in [3.05, 3.63) is 153 Å². The van der Waals surface area contributed by atoms with E-state index in [9.17, 15) is 32.8 Å². The number of likely N-dealkylation sites (N-methyl/N-ethyl adjacent to an activating group) is 1. The van der Waals surface area contributed by atoms with Gasteiger partial charge in [-0.15, -0.1) is 10.2 Å². The Morgan fingerprint density at radius 3 is 1.37 bits per heavy atom. The molecule has 8 aromatic rings. The van der Waals surface area contributed by atoms with Gasteiger partial charge < -0.3 is 44.2 Å². The number of nitrogens with zero attached hydrogens (tertiary/aromatic N) is 10. The first-order valence-electron chi connectivity index (χ1n) is 23.3. The lowest BCUT2D eigenvalue weighted by Crippen LogP contribution is -2.51. The molecule has 0 unspecified atom stereocenters. The number of aromatic amines is 2. The number of carbonyl (C=O) groups is 5. The Balaban J connectivity index is 0.000000227. The van der Waals surface area contributed by atoms with Crippen LogP contribution in [0.4, 0.5) is 13.6 Å². The van der Waals surface area contributed by atoms with E-state index in [2.05, 4.69) is 35.5 Å². The van der Waals surface area contributed by atoms with Crippen LogP contribution in [0, 0.1) is 11.6 Å². The molecule has 2 aliphatic heterocycles. The van der Waals surface area contributed by atoms with E-state index in [0.29, 0.717) is 101 Å². The topological polar surface area (TPSA) is 255 Å². The molecule has 4 aromatic carbocycles. The number of piperazine rings is 2. The summed E-state index contributed by atoms with van der Waals surface area (Å²) >= 11 is 0. The minimum atomic E-state index is -0.568. The third kappa shape index (κ3) is 13.5. The van der Waals surface area contributed by atoms with Gasteiger partial charge in [-0.25, -0.2) is 22.9 Å². The van der Waals surface area contributed by atoms with Crippen LogP contribution in [-0.2, 0) is 14.3 Å². The fraction of sp³-hybridized carbons (Fsp3) is 0.264. The Hall–Kier alpha value is -9.25. The summed E-state index contributed by atoms with van der Waals surface area (Å²) in [4.78, 5) is 92.2. The van der Waals surface area contributed by atoms with E-state index < -0.39 is 11.4 Å². The monoisotopic (exact) mass is 1040 g/mol. The number of carbonyl (C=O) groups excluding carboxylic acids is 4. The molecule has 21 nitrogen and oxygen atoms in total. The third-order valence-corrected chi connectivity index (χ3v) is 11.9. The number of benzene rings is 4. The number of aromatic nitrogens is 8. The van der Waals surface area contributed by atoms with Crippen molar-refractivity contribution in [2.45, 2.75) is 33.8 Å². The Bertz CT molecular complexity index is 3450. The Morgan fingerprint density at radius 2 is 0.987 bits per heavy atom. The molecular weight excluding hydrogens is 987 g/mol. The minimum absolute atomic E-state index is 0. The van der Waals surface area contributed by atoms with Crippen LogP contribution in [0.2, 0.25) is 0 Å². The molecule has 396 valence electrons. The van der Waals surface area contributed by atoms with E-state index in [1.165, 1.54) is 45.8 Å². The second-order valence-electron chi connectivity index (χ2n) is 18.1. The van der Waals surface area contributed by atoms with Crippen LogP contribution in [0.5, 0.6) is 0 Å². The number of H-pyrrole nitrogens is 2. The molecule has 3 N–H and O–H groups in total. The number of carboxylic acid groups (broad SMARTS) is 1. The highest BCUT2D eigenvalue weighted by Crippen LogP contribution is 2.23. The molecule has 0 atom stereocenters. The zero-order chi connectivity index (χ0) is 54.0. The maximum Gasteiger partial charge on any atom is 0.410 e. The molecule has 0 aliphatic carbocycles. The number of hydrogen-bond donors (Lipinski definition) is 3. The van der Waals surface area contributed by atoms with Crippen LogP contribution < -0.4 is 11.1 Å². The molecule has 0 saturated carbocycles. The van der Waals surface area contributed by atoms with Gasteiger partial charge in [-0.3, -0.25) is 24.0 Å². The number of halogens is 2.